The van der Waals surface area contributed by atoms with E-state index in [4.69, 9.17) is 9.47 Å². The SMILES string of the molecule is CC(C)(C)OC(=O)N1CCC(CN(CCN2CCCCC2)C(=O)OCc2ccccc2)C1. The van der Waals surface area contributed by atoms with E-state index in [-0.39, 0.29) is 24.7 Å². The topological polar surface area (TPSA) is 62.3 Å². The summed E-state index contributed by atoms with van der Waals surface area (Å²) in [7, 11) is 0. The van der Waals surface area contributed by atoms with Gasteiger partial charge in [-0.1, -0.05) is 36.8 Å². The highest BCUT2D eigenvalue weighted by Crippen LogP contribution is 2.21. The number of benzene rings is 1. The molecule has 0 radical (unpaired) electrons. The third-order valence-corrected chi connectivity index (χ3v) is 6.01. The summed E-state index contributed by atoms with van der Waals surface area (Å²) < 4.78 is 11.2. The molecular formula is C25H39N3O4. The predicted octanol–water partition coefficient (Wildman–Crippen LogP) is 4.37. The van der Waals surface area contributed by atoms with Crippen LogP contribution in [0.2, 0.25) is 0 Å². The second-order valence-electron chi connectivity index (χ2n) is 9.97. The van der Waals surface area contributed by atoms with E-state index in [1.807, 2.05) is 56.0 Å². The van der Waals surface area contributed by atoms with E-state index >= 15 is 0 Å². The van der Waals surface area contributed by atoms with Gasteiger partial charge in [0.2, 0.25) is 0 Å². The maximum Gasteiger partial charge on any atom is 0.410 e. The lowest BCUT2D eigenvalue weighted by atomic mass is 10.1. The van der Waals surface area contributed by atoms with Gasteiger partial charge in [0, 0.05) is 32.7 Å². The lowest BCUT2D eigenvalue weighted by Gasteiger charge is -2.31. The van der Waals surface area contributed by atoms with E-state index in [0.717, 1.165) is 31.6 Å². The molecule has 0 aromatic heterocycles. The van der Waals surface area contributed by atoms with Crippen molar-refractivity contribution in [1.82, 2.24) is 14.7 Å². The van der Waals surface area contributed by atoms with Gasteiger partial charge < -0.3 is 24.2 Å². The standard InChI is InChI=1S/C25H39N3O4/c1-25(2,3)32-24(30)27-15-12-22(18-27)19-28(17-16-26-13-8-5-9-14-26)23(29)31-20-21-10-6-4-7-11-21/h4,6-7,10-11,22H,5,8-9,12-20H2,1-3H3. The van der Waals surface area contributed by atoms with Gasteiger partial charge in [-0.2, -0.15) is 0 Å². The summed E-state index contributed by atoms with van der Waals surface area (Å²) in [5.74, 6) is 0.230. The molecule has 1 aromatic carbocycles. The average molecular weight is 446 g/mol. The van der Waals surface area contributed by atoms with Crippen LogP contribution in [0.5, 0.6) is 0 Å². The van der Waals surface area contributed by atoms with Crippen LogP contribution in [-0.2, 0) is 16.1 Å². The van der Waals surface area contributed by atoms with Gasteiger partial charge in [-0.3, -0.25) is 0 Å². The Morgan fingerprint density at radius 2 is 1.78 bits per heavy atom. The van der Waals surface area contributed by atoms with Crippen molar-refractivity contribution in [2.75, 3.05) is 45.8 Å². The van der Waals surface area contributed by atoms with E-state index in [2.05, 4.69) is 4.90 Å². The minimum Gasteiger partial charge on any atom is -0.445 e. The first-order valence-electron chi connectivity index (χ1n) is 12.0. The van der Waals surface area contributed by atoms with Crippen LogP contribution in [0.15, 0.2) is 30.3 Å². The van der Waals surface area contributed by atoms with Crippen LogP contribution in [0.25, 0.3) is 0 Å². The molecule has 2 heterocycles. The van der Waals surface area contributed by atoms with Crippen LogP contribution in [-0.4, -0.2) is 78.3 Å². The Morgan fingerprint density at radius 1 is 1.06 bits per heavy atom. The molecule has 0 bridgehead atoms. The van der Waals surface area contributed by atoms with Crippen LogP contribution < -0.4 is 0 Å². The zero-order valence-electron chi connectivity index (χ0n) is 19.9. The number of carbonyl (C=O) groups excluding carboxylic acids is 2. The van der Waals surface area contributed by atoms with Gasteiger partial charge in [-0.25, -0.2) is 9.59 Å². The van der Waals surface area contributed by atoms with E-state index in [0.29, 0.717) is 26.2 Å². The molecule has 0 aliphatic carbocycles. The molecule has 0 N–H and O–H groups in total. The van der Waals surface area contributed by atoms with Crippen molar-refractivity contribution in [2.24, 2.45) is 5.92 Å². The monoisotopic (exact) mass is 445 g/mol. The molecule has 0 spiro atoms. The number of hydrogen-bond donors (Lipinski definition) is 0. The van der Waals surface area contributed by atoms with Gasteiger partial charge in [0.05, 0.1) is 0 Å². The first kappa shape index (κ1) is 24.4. The lowest BCUT2D eigenvalue weighted by Crippen LogP contribution is -2.43. The van der Waals surface area contributed by atoms with E-state index in [1.165, 1.54) is 19.3 Å². The van der Waals surface area contributed by atoms with Gasteiger partial charge in [0.15, 0.2) is 0 Å². The highest BCUT2D eigenvalue weighted by Gasteiger charge is 2.32. The van der Waals surface area contributed by atoms with Gasteiger partial charge in [0.25, 0.3) is 0 Å². The fourth-order valence-electron chi connectivity index (χ4n) is 4.30. The van der Waals surface area contributed by atoms with Crippen molar-refractivity contribution < 1.29 is 19.1 Å². The molecule has 7 heteroatoms. The fourth-order valence-corrected chi connectivity index (χ4v) is 4.30. The lowest BCUT2D eigenvalue weighted by molar-refractivity contribution is 0.0284. The third-order valence-electron chi connectivity index (χ3n) is 6.01. The van der Waals surface area contributed by atoms with Crippen LogP contribution in [0.3, 0.4) is 0 Å². The fraction of sp³-hybridized carbons (Fsp3) is 0.680. The molecule has 178 valence electrons. The Labute approximate surface area is 192 Å². The van der Waals surface area contributed by atoms with Crippen molar-refractivity contribution in [2.45, 2.75) is 58.7 Å². The van der Waals surface area contributed by atoms with Gasteiger partial charge in [0.1, 0.15) is 12.2 Å². The zero-order chi connectivity index (χ0) is 23.0. The summed E-state index contributed by atoms with van der Waals surface area (Å²) in [5.41, 5.74) is 0.477. The molecule has 0 saturated carbocycles. The Balaban J connectivity index is 1.55. The Bertz CT molecular complexity index is 728. The smallest absolute Gasteiger partial charge is 0.410 e. The molecule has 2 fully saturated rings. The average Bonchev–Trinajstić information content (AvgIpc) is 3.24. The van der Waals surface area contributed by atoms with Crippen molar-refractivity contribution in [3.63, 3.8) is 0 Å². The third kappa shape index (κ3) is 8.01. The highest BCUT2D eigenvalue weighted by molar-refractivity contribution is 5.69. The summed E-state index contributed by atoms with van der Waals surface area (Å²) in [5, 5.41) is 0. The molecule has 1 unspecified atom stereocenters. The summed E-state index contributed by atoms with van der Waals surface area (Å²) in [4.78, 5) is 31.4. The number of ether oxygens (including phenoxy) is 2. The van der Waals surface area contributed by atoms with Gasteiger partial charge >= 0.3 is 12.2 Å². The van der Waals surface area contributed by atoms with Crippen LogP contribution in [0.1, 0.15) is 52.0 Å². The van der Waals surface area contributed by atoms with E-state index in [9.17, 15) is 9.59 Å². The number of likely N-dealkylation sites (tertiary alicyclic amines) is 2. The number of rotatable bonds is 7. The number of amides is 2. The second kappa shape index (κ2) is 11.5. The number of carbonyl (C=O) groups is 2. The molecule has 2 aliphatic heterocycles. The normalized spacial score (nSPS) is 19.6. The summed E-state index contributed by atoms with van der Waals surface area (Å²) in [6.45, 7) is 11.5. The molecule has 2 saturated heterocycles. The van der Waals surface area contributed by atoms with E-state index < -0.39 is 5.60 Å². The van der Waals surface area contributed by atoms with Crippen molar-refractivity contribution in [3.05, 3.63) is 35.9 Å². The minimum atomic E-state index is -0.503. The van der Waals surface area contributed by atoms with Gasteiger partial charge in [-0.05, 0) is 64.6 Å². The summed E-state index contributed by atoms with van der Waals surface area (Å²) in [6.07, 6.45) is 4.07. The number of hydrogen-bond acceptors (Lipinski definition) is 5. The molecule has 3 rings (SSSR count). The molecule has 7 nitrogen and oxygen atoms in total. The van der Waals surface area contributed by atoms with Crippen molar-refractivity contribution >= 4 is 12.2 Å². The maximum absolute atomic E-state index is 13.0. The Kier molecular flexibility index (Phi) is 8.79. The van der Waals surface area contributed by atoms with Crippen molar-refractivity contribution in [3.8, 4) is 0 Å². The largest absolute Gasteiger partial charge is 0.445 e. The second-order valence-corrected chi connectivity index (χ2v) is 9.97. The maximum atomic E-state index is 13.0. The molecule has 2 amide bonds. The molecular weight excluding hydrogens is 406 g/mol. The molecule has 1 aromatic rings. The van der Waals surface area contributed by atoms with Crippen molar-refractivity contribution in [1.29, 1.82) is 0 Å². The minimum absolute atomic E-state index is 0.230. The number of piperidine rings is 1. The number of nitrogens with zero attached hydrogens (tertiary/aromatic N) is 3. The molecule has 1 atom stereocenters. The first-order chi connectivity index (χ1) is 15.3. The van der Waals surface area contributed by atoms with Crippen LogP contribution >= 0.6 is 0 Å². The summed E-state index contributed by atoms with van der Waals surface area (Å²) in [6, 6.07) is 9.76. The van der Waals surface area contributed by atoms with Gasteiger partial charge in [-0.15, -0.1) is 0 Å². The molecule has 32 heavy (non-hydrogen) atoms. The van der Waals surface area contributed by atoms with E-state index in [1.54, 1.807) is 4.90 Å². The van der Waals surface area contributed by atoms with Crippen LogP contribution in [0, 0.1) is 5.92 Å². The Hall–Kier alpha value is -2.28. The Morgan fingerprint density at radius 3 is 2.47 bits per heavy atom. The first-order valence-corrected chi connectivity index (χ1v) is 12.0. The predicted molar refractivity (Wildman–Crippen MR) is 124 cm³/mol. The highest BCUT2D eigenvalue weighted by atomic mass is 16.6. The summed E-state index contributed by atoms with van der Waals surface area (Å²) >= 11 is 0. The quantitative estimate of drug-likeness (QED) is 0.624. The van der Waals surface area contributed by atoms with Crippen LogP contribution in [0.4, 0.5) is 9.59 Å². The zero-order valence-corrected chi connectivity index (χ0v) is 19.9. The molecule has 2 aliphatic rings.